The molecule has 0 spiro atoms. The average molecular weight is 293 g/mol. The van der Waals surface area contributed by atoms with E-state index in [2.05, 4.69) is 0 Å². The minimum atomic E-state index is -1.26. The van der Waals surface area contributed by atoms with Crippen molar-refractivity contribution in [3.05, 3.63) is 29.8 Å². The van der Waals surface area contributed by atoms with Crippen LogP contribution in [-0.2, 0) is 15.1 Å². The summed E-state index contributed by atoms with van der Waals surface area (Å²) < 4.78 is 5.13. The first-order valence-electron chi connectivity index (χ1n) is 7.38. The predicted octanol–water partition coefficient (Wildman–Crippen LogP) is 2.80. The second kappa shape index (κ2) is 6.94. The number of carbonyl (C=O) groups excluding carboxylic acids is 1. The third-order valence-corrected chi connectivity index (χ3v) is 3.78. The number of aliphatic hydroxyl groups is 1. The molecule has 0 aliphatic rings. The first-order chi connectivity index (χ1) is 9.71. The molecule has 0 bridgehead atoms. The molecule has 2 atom stereocenters. The smallest absolute Gasteiger partial charge is 0.312 e. The number of ether oxygens (including phenoxy) is 1. The molecule has 1 rings (SSSR count). The van der Waals surface area contributed by atoms with Crippen LogP contribution >= 0.6 is 0 Å². The van der Waals surface area contributed by atoms with Gasteiger partial charge in [-0.1, -0.05) is 26.0 Å². The van der Waals surface area contributed by atoms with Crippen LogP contribution in [0.15, 0.2) is 24.3 Å². The monoisotopic (exact) mass is 293 g/mol. The van der Waals surface area contributed by atoms with Crippen molar-refractivity contribution in [2.24, 2.45) is 11.8 Å². The second-order valence-electron chi connectivity index (χ2n) is 6.06. The normalized spacial score (nSPS) is 15.4. The molecule has 0 aliphatic carbocycles. The van der Waals surface area contributed by atoms with Gasteiger partial charge in [-0.25, -0.2) is 0 Å². The van der Waals surface area contributed by atoms with Crippen LogP contribution in [-0.4, -0.2) is 31.8 Å². The maximum atomic E-state index is 12.2. The summed E-state index contributed by atoms with van der Waals surface area (Å²) in [7, 11) is 3.92. The van der Waals surface area contributed by atoms with Crippen LogP contribution in [0.1, 0.15) is 33.3 Å². The molecule has 4 nitrogen and oxygen atoms in total. The lowest BCUT2D eigenvalue weighted by Crippen LogP contribution is -2.41. The van der Waals surface area contributed by atoms with E-state index in [0.717, 1.165) is 11.3 Å². The highest BCUT2D eigenvalue weighted by Crippen LogP contribution is 2.35. The second-order valence-corrected chi connectivity index (χ2v) is 6.06. The summed E-state index contributed by atoms with van der Waals surface area (Å²) in [6.45, 7) is 7.61. The third kappa shape index (κ3) is 3.97. The highest BCUT2D eigenvalue weighted by Gasteiger charge is 2.41. The molecule has 0 heterocycles. The van der Waals surface area contributed by atoms with E-state index in [1.54, 1.807) is 13.8 Å². The van der Waals surface area contributed by atoms with E-state index in [-0.39, 0.29) is 11.9 Å². The Morgan fingerprint density at radius 1 is 1.29 bits per heavy atom. The topological polar surface area (TPSA) is 49.8 Å². The molecule has 1 aromatic rings. The average Bonchev–Trinajstić information content (AvgIpc) is 2.38. The number of hydrogen-bond donors (Lipinski definition) is 1. The summed E-state index contributed by atoms with van der Waals surface area (Å²) in [5, 5.41) is 10.9. The van der Waals surface area contributed by atoms with Crippen molar-refractivity contribution in [3.8, 4) is 0 Å². The summed E-state index contributed by atoms with van der Waals surface area (Å²) >= 11 is 0. The van der Waals surface area contributed by atoms with Crippen LogP contribution in [0.4, 0.5) is 5.69 Å². The lowest BCUT2D eigenvalue weighted by atomic mass is 9.76. The summed E-state index contributed by atoms with van der Waals surface area (Å²) in [5.41, 5.74) is 0.511. The molecule has 118 valence electrons. The molecule has 1 aromatic carbocycles. The van der Waals surface area contributed by atoms with Crippen molar-refractivity contribution in [1.82, 2.24) is 0 Å². The molecule has 0 radical (unpaired) electrons. The van der Waals surface area contributed by atoms with Gasteiger partial charge in [0.1, 0.15) is 5.60 Å². The van der Waals surface area contributed by atoms with Gasteiger partial charge in [0, 0.05) is 19.8 Å². The number of nitrogens with zero attached hydrogens (tertiary/aromatic N) is 1. The summed E-state index contributed by atoms with van der Waals surface area (Å²) in [6.07, 6.45) is 0. The predicted molar refractivity (Wildman–Crippen MR) is 85.3 cm³/mol. The maximum absolute atomic E-state index is 12.2. The molecule has 0 aromatic heterocycles. The van der Waals surface area contributed by atoms with Gasteiger partial charge < -0.3 is 14.7 Å². The number of hydrogen-bond acceptors (Lipinski definition) is 4. The van der Waals surface area contributed by atoms with Gasteiger partial charge in [0.2, 0.25) is 0 Å². The van der Waals surface area contributed by atoms with Crippen molar-refractivity contribution in [1.29, 1.82) is 0 Å². The number of esters is 1. The molecular weight excluding hydrogens is 266 g/mol. The molecule has 4 heteroatoms. The summed E-state index contributed by atoms with van der Waals surface area (Å²) in [4.78, 5) is 14.2. The Morgan fingerprint density at radius 3 is 2.19 bits per heavy atom. The number of anilines is 1. The fourth-order valence-electron chi connectivity index (χ4n) is 2.66. The zero-order valence-corrected chi connectivity index (χ0v) is 13.9. The molecule has 0 saturated heterocycles. The lowest BCUT2D eigenvalue weighted by Gasteiger charge is -2.34. The van der Waals surface area contributed by atoms with E-state index >= 15 is 0 Å². The molecule has 1 N–H and O–H groups in total. The van der Waals surface area contributed by atoms with E-state index in [1.165, 1.54) is 0 Å². The van der Waals surface area contributed by atoms with E-state index in [4.69, 9.17) is 4.74 Å². The van der Waals surface area contributed by atoms with E-state index in [1.807, 2.05) is 57.1 Å². The molecule has 0 amide bonds. The third-order valence-electron chi connectivity index (χ3n) is 3.78. The Hall–Kier alpha value is -1.55. The van der Waals surface area contributed by atoms with Gasteiger partial charge in [0.15, 0.2) is 0 Å². The van der Waals surface area contributed by atoms with Crippen LogP contribution < -0.4 is 4.90 Å². The molecular formula is C17H27NO3. The van der Waals surface area contributed by atoms with Gasteiger partial charge in [-0.2, -0.15) is 0 Å². The summed E-state index contributed by atoms with van der Waals surface area (Å²) in [5.74, 6) is -0.968. The minimum absolute atomic E-state index is 0.0208. The molecule has 2 unspecified atom stereocenters. The Kier molecular flexibility index (Phi) is 5.78. The number of carbonyl (C=O) groups is 1. The first kappa shape index (κ1) is 17.5. The largest absolute Gasteiger partial charge is 0.466 e. The highest BCUT2D eigenvalue weighted by molar-refractivity contribution is 5.74. The maximum Gasteiger partial charge on any atom is 0.312 e. The molecule has 0 aliphatic heterocycles. The number of rotatable bonds is 6. The zero-order chi connectivity index (χ0) is 16.2. The van der Waals surface area contributed by atoms with E-state index in [9.17, 15) is 9.90 Å². The van der Waals surface area contributed by atoms with Gasteiger partial charge in [0.05, 0.1) is 12.5 Å². The van der Waals surface area contributed by atoms with Gasteiger partial charge in [-0.05, 0) is 37.5 Å². The van der Waals surface area contributed by atoms with Crippen LogP contribution in [0, 0.1) is 11.8 Å². The lowest BCUT2D eigenvalue weighted by molar-refractivity contribution is -0.161. The van der Waals surface area contributed by atoms with Crippen LogP contribution in [0.5, 0.6) is 0 Å². The van der Waals surface area contributed by atoms with Gasteiger partial charge in [-0.3, -0.25) is 4.79 Å². The Balaban J connectivity index is 3.12. The van der Waals surface area contributed by atoms with Gasteiger partial charge >= 0.3 is 5.97 Å². The molecule has 0 saturated carbocycles. The van der Waals surface area contributed by atoms with Crippen molar-refractivity contribution in [2.75, 3.05) is 25.6 Å². The zero-order valence-electron chi connectivity index (χ0n) is 13.9. The molecule has 0 fully saturated rings. The quantitative estimate of drug-likeness (QED) is 0.819. The van der Waals surface area contributed by atoms with Gasteiger partial charge in [0.25, 0.3) is 0 Å². The van der Waals surface area contributed by atoms with Crippen LogP contribution in [0.2, 0.25) is 0 Å². The van der Waals surface area contributed by atoms with Gasteiger partial charge in [-0.15, -0.1) is 0 Å². The van der Waals surface area contributed by atoms with Crippen molar-refractivity contribution < 1.29 is 14.6 Å². The van der Waals surface area contributed by atoms with Crippen LogP contribution in [0.25, 0.3) is 0 Å². The highest BCUT2D eigenvalue weighted by atomic mass is 16.5. The van der Waals surface area contributed by atoms with Crippen LogP contribution in [0.3, 0.4) is 0 Å². The van der Waals surface area contributed by atoms with Crippen molar-refractivity contribution in [2.45, 2.75) is 33.3 Å². The SMILES string of the molecule is CCOC(=O)C(C(C)C)C(C)(O)c1ccc(N(C)C)cc1. The van der Waals surface area contributed by atoms with E-state index in [0.29, 0.717) is 6.61 Å². The van der Waals surface area contributed by atoms with Crippen molar-refractivity contribution in [3.63, 3.8) is 0 Å². The minimum Gasteiger partial charge on any atom is -0.466 e. The Morgan fingerprint density at radius 2 is 1.81 bits per heavy atom. The van der Waals surface area contributed by atoms with E-state index < -0.39 is 11.5 Å². The molecule has 21 heavy (non-hydrogen) atoms. The summed E-state index contributed by atoms with van der Waals surface area (Å²) in [6, 6.07) is 7.60. The fourth-order valence-corrected chi connectivity index (χ4v) is 2.66. The van der Waals surface area contributed by atoms with Crippen molar-refractivity contribution >= 4 is 11.7 Å². The standard InChI is InChI=1S/C17H27NO3/c1-7-21-16(19)15(12(2)3)17(4,20)13-8-10-14(11-9-13)18(5)6/h8-12,15,20H,7H2,1-6H3. The number of benzene rings is 1. The Bertz CT molecular complexity index is 463. The fraction of sp³-hybridized carbons (Fsp3) is 0.588. The Labute approximate surface area is 127 Å². The first-order valence-corrected chi connectivity index (χ1v) is 7.38.